The molecular weight excluding hydrogens is 424 g/mol. The number of aryl methyl sites for hydroxylation is 2. The van der Waals surface area contributed by atoms with Gasteiger partial charge in [0.25, 0.3) is 5.88 Å². The first-order valence-corrected chi connectivity index (χ1v) is 10.6. The molecule has 1 aliphatic heterocycles. The molecule has 0 bridgehead atoms. The van der Waals surface area contributed by atoms with Gasteiger partial charge in [0.1, 0.15) is 10.7 Å². The summed E-state index contributed by atoms with van der Waals surface area (Å²) in [5.74, 6) is 1.27. The van der Waals surface area contributed by atoms with E-state index in [2.05, 4.69) is 9.88 Å². The molecule has 0 radical (unpaired) electrons. The van der Waals surface area contributed by atoms with Crippen LogP contribution in [0.5, 0.6) is 11.5 Å². The van der Waals surface area contributed by atoms with Crippen molar-refractivity contribution in [2.75, 3.05) is 11.5 Å². The second-order valence-electron chi connectivity index (χ2n) is 6.13. The number of Topliss-reactive ketones (excluding diaryl/α,β-unsaturated/α-hetero) is 1. The Labute approximate surface area is 172 Å². The van der Waals surface area contributed by atoms with Crippen LogP contribution in [0.4, 0.5) is 5.88 Å². The first kappa shape index (κ1) is 19.0. The smallest absolute Gasteiger partial charge is 0.255 e. The van der Waals surface area contributed by atoms with Crippen LogP contribution >= 0.6 is 22.9 Å². The lowest BCUT2D eigenvalue weighted by Crippen LogP contribution is -2.10. The number of ether oxygens (including phenoxy) is 2. The Kier molecular flexibility index (Phi) is 5.13. The number of hydrogen-bond acceptors (Lipinski definition) is 7. The maximum atomic E-state index is 12.9. The fourth-order valence-corrected chi connectivity index (χ4v) is 4.99. The Hall–Kier alpha value is -2.36. The zero-order valence-corrected chi connectivity index (χ0v) is 17.3. The van der Waals surface area contributed by atoms with Gasteiger partial charge in [0, 0.05) is 6.42 Å². The van der Waals surface area contributed by atoms with E-state index in [4.69, 9.17) is 25.6 Å². The molecule has 1 aromatic carbocycles. The van der Waals surface area contributed by atoms with Crippen molar-refractivity contribution in [3.05, 3.63) is 50.3 Å². The fraction of sp³-hybridized carbons (Fsp3) is 0.222. The molecule has 1 aliphatic rings. The minimum Gasteiger partial charge on any atom is -0.454 e. The van der Waals surface area contributed by atoms with Gasteiger partial charge in [-0.2, -0.15) is 0 Å². The number of carbonyl (C=O) groups is 1. The number of ketones is 1. The molecule has 0 saturated heterocycles. The molecule has 3 aromatic rings. The van der Waals surface area contributed by atoms with Crippen molar-refractivity contribution in [1.29, 1.82) is 0 Å². The SMILES string of the molecule is Cc1cc2c(cc1CC(=O)c1sccc1S(=O)Nc1onc(C)c1Cl)OCO2. The molecule has 1 atom stereocenters. The molecule has 0 saturated carbocycles. The van der Waals surface area contributed by atoms with E-state index in [1.165, 1.54) is 11.3 Å². The maximum Gasteiger partial charge on any atom is 0.255 e. The number of hydrogen-bond donors (Lipinski definition) is 1. The van der Waals surface area contributed by atoms with Gasteiger partial charge >= 0.3 is 0 Å². The van der Waals surface area contributed by atoms with E-state index in [0.717, 1.165) is 11.1 Å². The lowest BCUT2D eigenvalue weighted by Gasteiger charge is -2.08. The van der Waals surface area contributed by atoms with Gasteiger partial charge in [-0.25, -0.2) is 4.21 Å². The molecule has 3 heterocycles. The van der Waals surface area contributed by atoms with E-state index in [0.29, 0.717) is 27.0 Å². The largest absolute Gasteiger partial charge is 0.454 e. The predicted molar refractivity (Wildman–Crippen MR) is 106 cm³/mol. The van der Waals surface area contributed by atoms with Crippen LogP contribution in [0.3, 0.4) is 0 Å². The number of halogens is 1. The number of thiophene rings is 1. The van der Waals surface area contributed by atoms with E-state index in [1.807, 2.05) is 19.1 Å². The van der Waals surface area contributed by atoms with Gasteiger partial charge in [-0.1, -0.05) is 16.8 Å². The van der Waals surface area contributed by atoms with Crippen LogP contribution in [0.25, 0.3) is 0 Å². The summed E-state index contributed by atoms with van der Waals surface area (Å²) in [6, 6.07) is 5.31. The van der Waals surface area contributed by atoms with Gasteiger partial charge in [-0.05, 0) is 48.6 Å². The highest BCUT2D eigenvalue weighted by Crippen LogP contribution is 2.35. The second-order valence-corrected chi connectivity index (χ2v) is 8.60. The third-order valence-corrected chi connectivity index (χ3v) is 6.88. The van der Waals surface area contributed by atoms with Gasteiger partial charge < -0.3 is 14.0 Å². The van der Waals surface area contributed by atoms with E-state index in [1.54, 1.807) is 18.4 Å². The summed E-state index contributed by atoms with van der Waals surface area (Å²) in [5, 5.41) is 5.69. The first-order chi connectivity index (χ1) is 13.4. The summed E-state index contributed by atoms with van der Waals surface area (Å²) >= 11 is 7.29. The molecule has 10 heteroatoms. The number of nitrogens with one attached hydrogen (secondary N) is 1. The van der Waals surface area contributed by atoms with E-state index in [-0.39, 0.29) is 29.9 Å². The van der Waals surface area contributed by atoms with E-state index >= 15 is 0 Å². The van der Waals surface area contributed by atoms with E-state index < -0.39 is 11.0 Å². The van der Waals surface area contributed by atoms with Crippen molar-refractivity contribution in [2.24, 2.45) is 0 Å². The molecule has 0 fully saturated rings. The topological polar surface area (TPSA) is 90.7 Å². The molecule has 4 rings (SSSR count). The van der Waals surface area contributed by atoms with Gasteiger partial charge in [-0.3, -0.25) is 9.52 Å². The first-order valence-electron chi connectivity index (χ1n) is 8.24. The molecular formula is C18H15ClN2O5S2. The van der Waals surface area contributed by atoms with Gasteiger partial charge in [0.2, 0.25) is 6.79 Å². The number of benzene rings is 1. The number of fused-ring (bicyclic) bond motifs is 1. The van der Waals surface area contributed by atoms with Gasteiger partial charge in [0.05, 0.1) is 9.77 Å². The Morgan fingerprint density at radius 1 is 1.32 bits per heavy atom. The van der Waals surface area contributed by atoms with Crippen molar-refractivity contribution in [3.63, 3.8) is 0 Å². The number of anilines is 1. The Balaban J connectivity index is 1.54. The predicted octanol–water partition coefficient (Wildman–Crippen LogP) is 4.30. The fourth-order valence-electron chi connectivity index (χ4n) is 2.74. The van der Waals surface area contributed by atoms with Crippen LogP contribution < -0.4 is 14.2 Å². The molecule has 0 aliphatic carbocycles. The number of nitrogens with zero attached hydrogens (tertiary/aromatic N) is 1. The standard InChI is InChI=1S/C18H15ClN2O5S2/c1-9-5-13-14(25-8-24-13)7-11(9)6-12(22)17-15(3-4-27-17)28(23)21-18-16(19)10(2)20-26-18/h3-5,7,21H,6,8H2,1-2H3. The Morgan fingerprint density at radius 3 is 2.79 bits per heavy atom. The van der Waals surface area contributed by atoms with Gasteiger partial charge in [-0.15, -0.1) is 11.3 Å². The zero-order valence-electron chi connectivity index (χ0n) is 14.9. The Morgan fingerprint density at radius 2 is 2.07 bits per heavy atom. The van der Waals surface area contributed by atoms with Crippen LogP contribution in [0.1, 0.15) is 26.5 Å². The second kappa shape index (κ2) is 7.57. The number of carbonyl (C=O) groups excluding carboxylic acids is 1. The monoisotopic (exact) mass is 438 g/mol. The highest BCUT2D eigenvalue weighted by Gasteiger charge is 2.23. The summed E-state index contributed by atoms with van der Waals surface area (Å²) < 4.78 is 31.1. The molecule has 1 N–H and O–H groups in total. The summed E-state index contributed by atoms with van der Waals surface area (Å²) in [7, 11) is -1.72. The molecule has 0 spiro atoms. The summed E-state index contributed by atoms with van der Waals surface area (Å²) in [5.41, 5.74) is 2.25. The lowest BCUT2D eigenvalue weighted by atomic mass is 10.0. The van der Waals surface area contributed by atoms with Crippen LogP contribution in [0.15, 0.2) is 33.0 Å². The maximum absolute atomic E-state index is 12.9. The molecule has 28 heavy (non-hydrogen) atoms. The van der Waals surface area contributed by atoms with E-state index in [9.17, 15) is 9.00 Å². The molecule has 0 amide bonds. The molecule has 1 unspecified atom stereocenters. The summed E-state index contributed by atoms with van der Waals surface area (Å²) in [4.78, 5) is 13.7. The third-order valence-electron chi connectivity index (χ3n) is 4.24. The lowest BCUT2D eigenvalue weighted by molar-refractivity contribution is 0.0994. The highest BCUT2D eigenvalue weighted by molar-refractivity contribution is 7.86. The zero-order chi connectivity index (χ0) is 19.8. The van der Waals surface area contributed by atoms with Crippen LogP contribution in [-0.2, 0) is 17.4 Å². The minimum atomic E-state index is -1.72. The van der Waals surface area contributed by atoms with Crippen molar-refractivity contribution < 1.29 is 23.0 Å². The van der Waals surface area contributed by atoms with Gasteiger partial charge in [0.15, 0.2) is 28.3 Å². The molecule has 7 nitrogen and oxygen atoms in total. The van der Waals surface area contributed by atoms with Crippen LogP contribution in [0, 0.1) is 13.8 Å². The van der Waals surface area contributed by atoms with Crippen LogP contribution in [0.2, 0.25) is 5.02 Å². The summed E-state index contributed by atoms with van der Waals surface area (Å²) in [6.45, 7) is 3.76. The quantitative estimate of drug-likeness (QED) is 0.577. The highest BCUT2D eigenvalue weighted by atomic mass is 35.5. The van der Waals surface area contributed by atoms with Crippen LogP contribution in [-0.4, -0.2) is 21.9 Å². The van der Waals surface area contributed by atoms with Crippen molar-refractivity contribution in [3.8, 4) is 11.5 Å². The van der Waals surface area contributed by atoms with Crippen molar-refractivity contribution in [2.45, 2.75) is 25.2 Å². The van der Waals surface area contributed by atoms with Crippen molar-refractivity contribution >= 4 is 45.6 Å². The molecule has 2 aromatic heterocycles. The Bertz CT molecular complexity index is 1090. The number of aromatic nitrogens is 1. The number of rotatable bonds is 6. The van der Waals surface area contributed by atoms with Crippen molar-refractivity contribution in [1.82, 2.24) is 5.16 Å². The molecule has 146 valence electrons. The minimum absolute atomic E-state index is 0.105. The third kappa shape index (κ3) is 3.52. The normalized spacial score (nSPS) is 13.5. The average Bonchev–Trinajstić information content (AvgIpc) is 3.38. The summed E-state index contributed by atoms with van der Waals surface area (Å²) in [6.07, 6.45) is 0.162. The average molecular weight is 439 g/mol.